The Morgan fingerprint density at radius 1 is 1.47 bits per heavy atom. The maximum Gasteiger partial charge on any atom is 0.303 e. The maximum atomic E-state index is 11.7. The Morgan fingerprint density at radius 2 is 2.26 bits per heavy atom. The number of ether oxygens (including phenoxy) is 1. The van der Waals surface area contributed by atoms with E-state index in [0.717, 1.165) is 19.6 Å². The number of hydrogen-bond donors (Lipinski definition) is 3. The fourth-order valence-electron chi connectivity index (χ4n) is 2.00. The summed E-state index contributed by atoms with van der Waals surface area (Å²) in [6.45, 7) is 3.66. The first kappa shape index (κ1) is 15.9. The number of carbonyl (C=O) groups is 2. The molecule has 0 bridgehead atoms. The number of aliphatic carboxylic acids is 1. The number of amides is 1. The topological polar surface area (TPSA) is 90.9 Å². The van der Waals surface area contributed by atoms with E-state index in [2.05, 4.69) is 15.5 Å². The van der Waals surface area contributed by atoms with Gasteiger partial charge >= 0.3 is 5.97 Å². The molecule has 1 heterocycles. The van der Waals surface area contributed by atoms with Crippen LogP contribution in [0.4, 0.5) is 0 Å². The molecule has 1 atom stereocenters. The summed E-state index contributed by atoms with van der Waals surface area (Å²) in [6, 6.07) is 0. The highest BCUT2D eigenvalue weighted by Crippen LogP contribution is 2.03. The molecule has 0 saturated carbocycles. The molecule has 19 heavy (non-hydrogen) atoms. The third kappa shape index (κ3) is 7.09. The normalized spacial score (nSPS) is 20.2. The highest BCUT2D eigenvalue weighted by molar-refractivity contribution is 5.78. The van der Waals surface area contributed by atoms with E-state index >= 15 is 0 Å². The van der Waals surface area contributed by atoms with Crippen molar-refractivity contribution in [1.29, 1.82) is 0 Å². The fraction of sp³-hybridized carbons (Fsp3) is 0.833. The van der Waals surface area contributed by atoms with Gasteiger partial charge in [-0.1, -0.05) is 0 Å². The Labute approximate surface area is 113 Å². The van der Waals surface area contributed by atoms with E-state index in [1.165, 1.54) is 0 Å². The summed E-state index contributed by atoms with van der Waals surface area (Å²) in [5, 5.41) is 14.3. The molecule has 7 nitrogen and oxygen atoms in total. The molecule has 7 heteroatoms. The lowest BCUT2D eigenvalue weighted by Gasteiger charge is -2.32. The van der Waals surface area contributed by atoms with Gasteiger partial charge in [0.2, 0.25) is 5.91 Å². The first-order valence-corrected chi connectivity index (χ1v) is 6.59. The number of hydrogen-bond acceptors (Lipinski definition) is 5. The number of carbonyl (C=O) groups excluding carboxylic acids is 1. The Morgan fingerprint density at radius 3 is 2.95 bits per heavy atom. The lowest BCUT2D eigenvalue weighted by Crippen LogP contribution is -2.49. The van der Waals surface area contributed by atoms with Gasteiger partial charge in [0, 0.05) is 32.6 Å². The van der Waals surface area contributed by atoms with Gasteiger partial charge in [-0.05, 0) is 13.5 Å². The fourth-order valence-corrected chi connectivity index (χ4v) is 2.00. The number of likely N-dealkylation sites (N-methyl/N-ethyl adjacent to an activating group) is 1. The molecule has 1 rings (SSSR count). The maximum absolute atomic E-state index is 11.7. The number of rotatable bonds is 8. The Hall–Kier alpha value is -1.18. The van der Waals surface area contributed by atoms with Crippen LogP contribution in [0.15, 0.2) is 0 Å². The Bertz CT molecular complexity index is 297. The second kappa shape index (κ2) is 8.84. The predicted octanol–water partition coefficient (Wildman–Crippen LogP) is -1.11. The van der Waals surface area contributed by atoms with E-state index < -0.39 is 5.97 Å². The molecule has 110 valence electrons. The molecular weight excluding hydrogens is 250 g/mol. The van der Waals surface area contributed by atoms with E-state index in [-0.39, 0.29) is 18.4 Å². The van der Waals surface area contributed by atoms with Crippen molar-refractivity contribution in [3.8, 4) is 0 Å². The van der Waals surface area contributed by atoms with Gasteiger partial charge in [-0.15, -0.1) is 0 Å². The van der Waals surface area contributed by atoms with E-state index in [1.807, 2.05) is 7.05 Å². The number of carboxylic acids is 1. The average Bonchev–Trinajstić information content (AvgIpc) is 2.35. The monoisotopic (exact) mass is 273 g/mol. The summed E-state index contributed by atoms with van der Waals surface area (Å²) in [4.78, 5) is 24.0. The zero-order chi connectivity index (χ0) is 14.1. The first-order chi connectivity index (χ1) is 9.11. The van der Waals surface area contributed by atoms with Gasteiger partial charge < -0.3 is 20.5 Å². The number of carboxylic acid groups (broad SMARTS) is 1. The number of nitrogens with one attached hydrogen (secondary N) is 2. The summed E-state index contributed by atoms with van der Waals surface area (Å²) in [5.74, 6) is -0.896. The van der Waals surface area contributed by atoms with Crippen LogP contribution in [0.1, 0.15) is 12.8 Å². The molecule has 0 aliphatic carbocycles. The third-order valence-corrected chi connectivity index (χ3v) is 2.91. The van der Waals surface area contributed by atoms with Gasteiger partial charge in [0.05, 0.1) is 19.3 Å². The summed E-state index contributed by atoms with van der Waals surface area (Å²) in [5.41, 5.74) is 0. The van der Waals surface area contributed by atoms with Crippen LogP contribution in [0, 0.1) is 0 Å². The van der Waals surface area contributed by atoms with Gasteiger partial charge in [0.1, 0.15) is 0 Å². The molecule has 3 N–H and O–H groups in total. The molecule has 0 spiro atoms. The highest BCUT2D eigenvalue weighted by atomic mass is 16.5. The molecule has 1 amide bonds. The molecule has 1 unspecified atom stereocenters. The molecular formula is C12H23N3O4. The van der Waals surface area contributed by atoms with E-state index in [0.29, 0.717) is 26.1 Å². The Balaban J connectivity index is 2.15. The van der Waals surface area contributed by atoms with Crippen LogP contribution in [0.3, 0.4) is 0 Å². The Kier molecular flexibility index (Phi) is 7.39. The van der Waals surface area contributed by atoms with Gasteiger partial charge in [-0.2, -0.15) is 0 Å². The van der Waals surface area contributed by atoms with Crippen LogP contribution in [0.5, 0.6) is 0 Å². The van der Waals surface area contributed by atoms with Gasteiger partial charge in [-0.3, -0.25) is 14.5 Å². The zero-order valence-corrected chi connectivity index (χ0v) is 11.4. The smallest absolute Gasteiger partial charge is 0.303 e. The van der Waals surface area contributed by atoms with Gasteiger partial charge in [-0.25, -0.2) is 0 Å². The van der Waals surface area contributed by atoms with Gasteiger partial charge in [0.15, 0.2) is 0 Å². The van der Waals surface area contributed by atoms with Crippen molar-refractivity contribution in [3.63, 3.8) is 0 Å². The van der Waals surface area contributed by atoms with E-state index in [9.17, 15) is 9.59 Å². The molecule has 0 aromatic rings. The SMILES string of the molecule is CNCC1CN(CC(=O)NCCCC(=O)O)CCO1. The highest BCUT2D eigenvalue weighted by Gasteiger charge is 2.21. The summed E-state index contributed by atoms with van der Waals surface area (Å²) in [7, 11) is 1.87. The summed E-state index contributed by atoms with van der Waals surface area (Å²) < 4.78 is 5.55. The van der Waals surface area contributed by atoms with E-state index in [4.69, 9.17) is 9.84 Å². The van der Waals surface area contributed by atoms with Crippen LogP contribution in [-0.4, -0.2) is 74.4 Å². The van der Waals surface area contributed by atoms with Crippen molar-refractivity contribution >= 4 is 11.9 Å². The second-order valence-corrected chi connectivity index (χ2v) is 4.63. The van der Waals surface area contributed by atoms with Gasteiger partial charge in [0.25, 0.3) is 0 Å². The van der Waals surface area contributed by atoms with Crippen molar-refractivity contribution < 1.29 is 19.4 Å². The average molecular weight is 273 g/mol. The molecule has 0 radical (unpaired) electrons. The molecule has 1 aliphatic rings. The lowest BCUT2D eigenvalue weighted by atomic mass is 10.2. The minimum Gasteiger partial charge on any atom is -0.481 e. The lowest BCUT2D eigenvalue weighted by molar-refractivity contribution is -0.137. The number of morpholine rings is 1. The minimum absolute atomic E-state index is 0.0597. The molecule has 0 aromatic heterocycles. The van der Waals surface area contributed by atoms with Crippen LogP contribution in [0.25, 0.3) is 0 Å². The standard InChI is InChI=1S/C12H23N3O4/c1-13-7-10-8-15(5-6-19-10)9-11(16)14-4-2-3-12(17)18/h10,13H,2-9H2,1H3,(H,14,16)(H,17,18). The van der Waals surface area contributed by atoms with Crippen molar-refractivity contribution in [2.45, 2.75) is 18.9 Å². The van der Waals surface area contributed by atoms with Crippen LogP contribution in [-0.2, 0) is 14.3 Å². The molecule has 1 saturated heterocycles. The predicted molar refractivity (Wildman–Crippen MR) is 70.0 cm³/mol. The van der Waals surface area contributed by atoms with Crippen LogP contribution >= 0.6 is 0 Å². The van der Waals surface area contributed by atoms with Crippen molar-refractivity contribution in [3.05, 3.63) is 0 Å². The van der Waals surface area contributed by atoms with Crippen molar-refractivity contribution in [2.75, 3.05) is 46.4 Å². The molecule has 0 aromatic carbocycles. The summed E-state index contributed by atoms with van der Waals surface area (Å²) in [6.07, 6.45) is 0.674. The summed E-state index contributed by atoms with van der Waals surface area (Å²) >= 11 is 0. The molecule has 1 fully saturated rings. The zero-order valence-electron chi connectivity index (χ0n) is 11.4. The second-order valence-electron chi connectivity index (χ2n) is 4.63. The van der Waals surface area contributed by atoms with Crippen LogP contribution in [0.2, 0.25) is 0 Å². The largest absolute Gasteiger partial charge is 0.481 e. The van der Waals surface area contributed by atoms with E-state index in [1.54, 1.807) is 0 Å². The number of nitrogens with zero attached hydrogens (tertiary/aromatic N) is 1. The van der Waals surface area contributed by atoms with Crippen molar-refractivity contribution in [2.24, 2.45) is 0 Å². The quantitative estimate of drug-likeness (QED) is 0.486. The first-order valence-electron chi connectivity index (χ1n) is 6.59. The van der Waals surface area contributed by atoms with Crippen LogP contribution < -0.4 is 10.6 Å². The molecule has 1 aliphatic heterocycles. The minimum atomic E-state index is -0.836. The third-order valence-electron chi connectivity index (χ3n) is 2.91. The van der Waals surface area contributed by atoms with Crippen molar-refractivity contribution in [1.82, 2.24) is 15.5 Å².